The average Bonchev–Trinajstić information content (AvgIpc) is 2.47. The molecule has 0 N–H and O–H groups in total. The van der Waals surface area contributed by atoms with E-state index in [-0.39, 0.29) is 5.57 Å². The molecule has 1 aromatic rings. The number of hydrogen-bond donors (Lipinski definition) is 0. The van der Waals surface area contributed by atoms with Crippen LogP contribution in [0.2, 0.25) is 0 Å². The predicted octanol–water partition coefficient (Wildman–Crippen LogP) is 1.37. The van der Waals surface area contributed by atoms with Gasteiger partial charge in [0.25, 0.3) is 0 Å². The van der Waals surface area contributed by atoms with Crippen molar-refractivity contribution >= 4 is 18.6 Å². The molecule has 0 fully saturated rings. The lowest BCUT2D eigenvalue weighted by atomic mass is 10.3. The second-order valence-electron chi connectivity index (χ2n) is 2.33. The molecule has 0 unspecified atom stereocenters. The summed E-state index contributed by atoms with van der Waals surface area (Å²) in [7, 11) is 0. The molecule has 0 saturated heterocycles. The van der Waals surface area contributed by atoms with E-state index in [1.807, 2.05) is 0 Å². The third-order valence-corrected chi connectivity index (χ3v) is 1.34. The zero-order valence-corrected chi connectivity index (χ0v) is 6.61. The van der Waals surface area contributed by atoms with E-state index in [9.17, 15) is 9.59 Å². The molecule has 1 heterocycles. The van der Waals surface area contributed by atoms with Crippen molar-refractivity contribution in [3.63, 3.8) is 0 Å². The molecule has 3 nitrogen and oxygen atoms in total. The Bertz CT molecular complexity index is 310. The molecule has 0 saturated carbocycles. The quantitative estimate of drug-likeness (QED) is 0.293. The Morgan fingerprint density at radius 2 is 2.00 bits per heavy atom. The maximum absolute atomic E-state index is 10.2. The number of aryl methyl sites for hydroxylation is 1. The maximum atomic E-state index is 10.2. The molecule has 1 rings (SSSR count). The number of carbonyl (C=O) groups is 2. The van der Waals surface area contributed by atoms with Gasteiger partial charge in [0.1, 0.15) is 11.5 Å². The first-order valence-corrected chi connectivity index (χ1v) is 3.45. The van der Waals surface area contributed by atoms with Crippen LogP contribution in [-0.4, -0.2) is 12.6 Å². The lowest BCUT2D eigenvalue weighted by molar-refractivity contribution is -0.109. The van der Waals surface area contributed by atoms with Crippen LogP contribution in [0.15, 0.2) is 22.1 Å². The van der Waals surface area contributed by atoms with Gasteiger partial charge in [-0.25, -0.2) is 0 Å². The van der Waals surface area contributed by atoms with Crippen molar-refractivity contribution in [3.05, 3.63) is 29.2 Å². The van der Waals surface area contributed by atoms with E-state index in [4.69, 9.17) is 4.42 Å². The molecule has 1 aromatic heterocycles. The fraction of sp³-hybridized carbons (Fsp3) is 0.111. The van der Waals surface area contributed by atoms with Crippen LogP contribution in [-0.2, 0) is 9.59 Å². The highest BCUT2D eigenvalue weighted by Crippen LogP contribution is 2.09. The molecular formula is C9H8O3. The van der Waals surface area contributed by atoms with Crippen LogP contribution in [0.4, 0.5) is 0 Å². The number of rotatable bonds is 3. The third-order valence-electron chi connectivity index (χ3n) is 1.34. The molecular weight excluding hydrogens is 156 g/mol. The van der Waals surface area contributed by atoms with Crippen molar-refractivity contribution in [2.45, 2.75) is 6.92 Å². The SMILES string of the molecule is Cc1ccc(C=C(C=O)C=O)o1. The number of carbonyl (C=O) groups excluding carboxylic acids is 2. The van der Waals surface area contributed by atoms with E-state index in [0.717, 1.165) is 5.76 Å². The Balaban J connectivity index is 2.92. The highest BCUT2D eigenvalue weighted by atomic mass is 16.3. The summed E-state index contributed by atoms with van der Waals surface area (Å²) in [6, 6.07) is 3.46. The molecule has 3 heteroatoms. The monoisotopic (exact) mass is 164 g/mol. The van der Waals surface area contributed by atoms with E-state index in [2.05, 4.69) is 0 Å². The first-order valence-electron chi connectivity index (χ1n) is 3.45. The number of aldehydes is 2. The Morgan fingerprint density at radius 3 is 2.42 bits per heavy atom. The molecule has 0 aliphatic carbocycles. The van der Waals surface area contributed by atoms with Gasteiger partial charge in [-0.3, -0.25) is 9.59 Å². The molecule has 0 aromatic carbocycles. The van der Waals surface area contributed by atoms with Gasteiger partial charge in [0.2, 0.25) is 0 Å². The lowest BCUT2D eigenvalue weighted by Crippen LogP contribution is -1.83. The van der Waals surface area contributed by atoms with E-state index < -0.39 is 0 Å². The first-order chi connectivity index (χ1) is 5.76. The molecule has 0 bridgehead atoms. The minimum atomic E-state index is 0.0735. The van der Waals surface area contributed by atoms with Gasteiger partial charge < -0.3 is 4.42 Å². The van der Waals surface area contributed by atoms with Gasteiger partial charge in [-0.2, -0.15) is 0 Å². The Hall–Kier alpha value is -1.64. The molecule has 0 spiro atoms. The number of furan rings is 1. The van der Waals surface area contributed by atoms with Crippen molar-refractivity contribution in [2.24, 2.45) is 0 Å². The fourth-order valence-electron chi connectivity index (χ4n) is 0.791. The van der Waals surface area contributed by atoms with Crippen LogP contribution in [0, 0.1) is 6.92 Å². The average molecular weight is 164 g/mol. The van der Waals surface area contributed by atoms with Gasteiger partial charge in [-0.1, -0.05) is 0 Å². The highest BCUT2D eigenvalue weighted by molar-refractivity contribution is 6.04. The third kappa shape index (κ3) is 1.92. The minimum Gasteiger partial charge on any atom is -0.462 e. The zero-order chi connectivity index (χ0) is 8.97. The van der Waals surface area contributed by atoms with Gasteiger partial charge in [0.05, 0.1) is 5.57 Å². The van der Waals surface area contributed by atoms with Gasteiger partial charge in [0, 0.05) is 0 Å². The van der Waals surface area contributed by atoms with Crippen LogP contribution < -0.4 is 0 Å². The van der Waals surface area contributed by atoms with Crippen molar-refractivity contribution in [1.29, 1.82) is 0 Å². The van der Waals surface area contributed by atoms with Crippen LogP contribution in [0.25, 0.3) is 6.08 Å². The lowest BCUT2D eigenvalue weighted by Gasteiger charge is -1.85. The minimum absolute atomic E-state index is 0.0735. The smallest absolute Gasteiger partial charge is 0.153 e. The van der Waals surface area contributed by atoms with Gasteiger partial charge >= 0.3 is 0 Å². The highest BCUT2D eigenvalue weighted by Gasteiger charge is 1.96. The standard InChI is InChI=1S/C9H8O3/c1-7-2-3-9(12-7)4-8(5-10)6-11/h2-6H,1H3. The predicted molar refractivity (Wildman–Crippen MR) is 43.6 cm³/mol. The summed E-state index contributed by atoms with van der Waals surface area (Å²) in [6.07, 6.45) is 2.38. The van der Waals surface area contributed by atoms with Crippen molar-refractivity contribution in [1.82, 2.24) is 0 Å². The summed E-state index contributed by atoms with van der Waals surface area (Å²) in [5.41, 5.74) is 0.0735. The Morgan fingerprint density at radius 1 is 1.33 bits per heavy atom. The number of allylic oxidation sites excluding steroid dienone is 1. The van der Waals surface area contributed by atoms with Crippen LogP contribution in [0.1, 0.15) is 11.5 Å². The van der Waals surface area contributed by atoms with E-state index in [0.29, 0.717) is 18.3 Å². The molecule has 0 radical (unpaired) electrons. The van der Waals surface area contributed by atoms with Crippen LogP contribution in [0.3, 0.4) is 0 Å². The summed E-state index contributed by atoms with van der Waals surface area (Å²) in [5.74, 6) is 1.26. The van der Waals surface area contributed by atoms with E-state index in [1.54, 1.807) is 19.1 Å². The summed E-state index contributed by atoms with van der Waals surface area (Å²) in [5, 5.41) is 0. The topological polar surface area (TPSA) is 47.3 Å². The van der Waals surface area contributed by atoms with E-state index >= 15 is 0 Å². The summed E-state index contributed by atoms with van der Waals surface area (Å²) < 4.78 is 5.12. The second kappa shape index (κ2) is 3.67. The van der Waals surface area contributed by atoms with Gasteiger partial charge in [-0.05, 0) is 25.1 Å². The summed E-state index contributed by atoms with van der Waals surface area (Å²) in [4.78, 5) is 20.4. The fourth-order valence-corrected chi connectivity index (χ4v) is 0.791. The Labute approximate surface area is 69.7 Å². The van der Waals surface area contributed by atoms with E-state index in [1.165, 1.54) is 6.08 Å². The maximum Gasteiger partial charge on any atom is 0.153 e. The zero-order valence-electron chi connectivity index (χ0n) is 6.61. The molecule has 12 heavy (non-hydrogen) atoms. The Kier molecular flexibility index (Phi) is 2.58. The van der Waals surface area contributed by atoms with Gasteiger partial charge in [0.15, 0.2) is 12.6 Å². The molecule has 0 atom stereocenters. The van der Waals surface area contributed by atoms with Crippen molar-refractivity contribution < 1.29 is 14.0 Å². The van der Waals surface area contributed by atoms with Crippen molar-refractivity contribution in [3.8, 4) is 0 Å². The number of hydrogen-bond acceptors (Lipinski definition) is 3. The van der Waals surface area contributed by atoms with Crippen LogP contribution >= 0.6 is 0 Å². The molecule has 0 aliphatic heterocycles. The van der Waals surface area contributed by atoms with Crippen LogP contribution in [0.5, 0.6) is 0 Å². The summed E-state index contributed by atoms with van der Waals surface area (Å²) >= 11 is 0. The molecule has 62 valence electrons. The second-order valence-corrected chi connectivity index (χ2v) is 2.33. The largest absolute Gasteiger partial charge is 0.462 e. The van der Waals surface area contributed by atoms with Crippen molar-refractivity contribution in [2.75, 3.05) is 0 Å². The van der Waals surface area contributed by atoms with Gasteiger partial charge in [-0.15, -0.1) is 0 Å². The molecule has 0 aliphatic rings. The normalized spacial score (nSPS) is 9.08. The molecule has 0 amide bonds. The first kappa shape index (κ1) is 8.46. The summed E-state index contributed by atoms with van der Waals surface area (Å²) in [6.45, 7) is 1.79.